The van der Waals surface area contributed by atoms with E-state index in [9.17, 15) is 0 Å². The molecule has 1 radical (unpaired) electrons. The van der Waals surface area contributed by atoms with Crippen molar-refractivity contribution in [3.05, 3.63) is 36.4 Å². The van der Waals surface area contributed by atoms with E-state index in [2.05, 4.69) is 49.5 Å². The second kappa shape index (κ2) is 14.6. The highest BCUT2D eigenvalue weighted by molar-refractivity contribution is 5.45. The van der Waals surface area contributed by atoms with E-state index >= 15 is 0 Å². The maximum atomic E-state index is 3.50. The minimum Gasteiger partial charge on any atom is -0.378 e. The average Bonchev–Trinajstić information content (AvgIpc) is 2.57. The molecule has 0 aliphatic carbocycles. The van der Waals surface area contributed by atoms with Crippen molar-refractivity contribution in [2.24, 2.45) is 0 Å². The molecule has 1 nitrogen and oxygen atoms in total. The van der Waals surface area contributed by atoms with Gasteiger partial charge in [0, 0.05) is 5.69 Å². The van der Waals surface area contributed by atoms with Crippen LogP contribution in [0, 0.1) is 6.04 Å². The van der Waals surface area contributed by atoms with Crippen molar-refractivity contribution in [1.82, 2.24) is 0 Å². The predicted octanol–water partition coefficient (Wildman–Crippen LogP) is 7.74. The average molecular weight is 317 g/mol. The molecule has 0 saturated carbocycles. The molecule has 23 heavy (non-hydrogen) atoms. The fourth-order valence-corrected chi connectivity index (χ4v) is 3.06. The molecule has 1 N–H and O–H groups in total. The zero-order valence-corrected chi connectivity index (χ0v) is 15.6. The Kier molecular flexibility index (Phi) is 12.7. The smallest absolute Gasteiger partial charge is 0.0572 e. The van der Waals surface area contributed by atoms with Crippen molar-refractivity contribution in [2.75, 3.05) is 5.32 Å². The fraction of sp³-hybridized carbons (Fsp3) is 0.682. The van der Waals surface area contributed by atoms with Crippen LogP contribution in [0.5, 0.6) is 0 Å². The lowest BCUT2D eigenvalue weighted by Gasteiger charge is -2.13. The van der Waals surface area contributed by atoms with Gasteiger partial charge in [-0.3, -0.25) is 0 Å². The Morgan fingerprint density at radius 2 is 1.17 bits per heavy atom. The standard InChI is InChI=1S/C22H38N/c1-3-4-5-6-7-8-9-10-11-12-13-15-18-21(2)23-22-19-16-14-17-20-22/h14,16-17,19-20,23H,3-13,15,18H2,1-2H3. The number of unbranched alkanes of at least 4 members (excludes halogenated alkanes) is 11. The minimum atomic E-state index is 1.20. The molecule has 131 valence electrons. The van der Waals surface area contributed by atoms with Crippen LogP contribution < -0.4 is 5.32 Å². The first-order valence-electron chi connectivity index (χ1n) is 9.97. The predicted molar refractivity (Wildman–Crippen MR) is 105 cm³/mol. The van der Waals surface area contributed by atoms with Gasteiger partial charge in [-0.1, -0.05) is 102 Å². The van der Waals surface area contributed by atoms with E-state index in [1.807, 2.05) is 0 Å². The van der Waals surface area contributed by atoms with Crippen molar-refractivity contribution in [3.63, 3.8) is 0 Å². The van der Waals surface area contributed by atoms with Crippen molar-refractivity contribution in [3.8, 4) is 0 Å². The minimum absolute atomic E-state index is 1.20. The second-order valence-corrected chi connectivity index (χ2v) is 6.91. The molecule has 0 unspecified atom stereocenters. The number of anilines is 1. The van der Waals surface area contributed by atoms with Gasteiger partial charge in [-0.25, -0.2) is 0 Å². The summed E-state index contributed by atoms with van der Waals surface area (Å²) in [6, 6.07) is 11.9. The van der Waals surface area contributed by atoms with Gasteiger partial charge in [-0.15, -0.1) is 0 Å². The normalized spacial score (nSPS) is 11.1. The van der Waals surface area contributed by atoms with Gasteiger partial charge in [-0.05, 0) is 25.5 Å². The maximum absolute atomic E-state index is 3.50. The molecule has 0 atom stereocenters. The highest BCUT2D eigenvalue weighted by Gasteiger charge is 2.02. The molecular formula is C22H38N. The van der Waals surface area contributed by atoms with Gasteiger partial charge < -0.3 is 5.32 Å². The quantitative estimate of drug-likeness (QED) is 0.326. The molecular weight excluding hydrogens is 278 g/mol. The lowest BCUT2D eigenvalue weighted by molar-refractivity contribution is 0.541. The van der Waals surface area contributed by atoms with Gasteiger partial charge in [-0.2, -0.15) is 0 Å². The monoisotopic (exact) mass is 316 g/mol. The van der Waals surface area contributed by atoms with E-state index in [0.29, 0.717) is 0 Å². The van der Waals surface area contributed by atoms with Crippen LogP contribution in [0.4, 0.5) is 5.69 Å². The third-order valence-electron chi connectivity index (χ3n) is 4.54. The molecule has 0 aromatic heterocycles. The van der Waals surface area contributed by atoms with E-state index in [1.54, 1.807) is 0 Å². The van der Waals surface area contributed by atoms with Gasteiger partial charge in [0.2, 0.25) is 0 Å². The van der Waals surface area contributed by atoms with Crippen molar-refractivity contribution in [1.29, 1.82) is 0 Å². The summed E-state index contributed by atoms with van der Waals surface area (Å²) in [6.07, 6.45) is 18.2. The van der Waals surface area contributed by atoms with Crippen LogP contribution in [0.2, 0.25) is 0 Å². The highest BCUT2D eigenvalue weighted by Crippen LogP contribution is 2.17. The SMILES string of the molecule is CCCCCCCCCCCCCC[C](C)Nc1ccccc1. The molecule has 1 aromatic carbocycles. The van der Waals surface area contributed by atoms with E-state index in [1.165, 1.54) is 95.2 Å². The van der Waals surface area contributed by atoms with Gasteiger partial charge >= 0.3 is 0 Å². The Bertz CT molecular complexity index is 346. The first kappa shape index (κ1) is 20.1. The molecule has 0 heterocycles. The number of benzene rings is 1. The summed E-state index contributed by atoms with van der Waals surface area (Å²) in [5.74, 6) is 0. The van der Waals surface area contributed by atoms with Crippen LogP contribution in [0.25, 0.3) is 0 Å². The zero-order chi connectivity index (χ0) is 16.6. The first-order chi connectivity index (χ1) is 11.3. The molecule has 1 heteroatoms. The van der Waals surface area contributed by atoms with Gasteiger partial charge in [0.25, 0.3) is 0 Å². The second-order valence-electron chi connectivity index (χ2n) is 6.91. The fourth-order valence-electron chi connectivity index (χ4n) is 3.06. The number of rotatable bonds is 15. The zero-order valence-electron chi connectivity index (χ0n) is 15.6. The summed E-state index contributed by atoms with van der Waals surface area (Å²) in [4.78, 5) is 0. The van der Waals surface area contributed by atoms with Crippen molar-refractivity contribution < 1.29 is 0 Å². The van der Waals surface area contributed by atoms with E-state index < -0.39 is 0 Å². The van der Waals surface area contributed by atoms with Crippen molar-refractivity contribution in [2.45, 2.75) is 97.3 Å². The Morgan fingerprint density at radius 3 is 1.70 bits per heavy atom. The Labute approximate surface area is 145 Å². The van der Waals surface area contributed by atoms with Crippen LogP contribution in [0.15, 0.2) is 30.3 Å². The Morgan fingerprint density at radius 1 is 0.696 bits per heavy atom. The number of hydrogen-bond donors (Lipinski definition) is 1. The maximum Gasteiger partial charge on any atom is 0.0572 e. The summed E-state index contributed by atoms with van der Waals surface area (Å²) in [6.45, 7) is 4.50. The summed E-state index contributed by atoms with van der Waals surface area (Å²) in [5, 5.41) is 3.50. The van der Waals surface area contributed by atoms with E-state index in [4.69, 9.17) is 0 Å². The molecule has 0 aliphatic rings. The van der Waals surface area contributed by atoms with Crippen LogP contribution >= 0.6 is 0 Å². The Balaban J connectivity index is 1.82. The van der Waals surface area contributed by atoms with Gasteiger partial charge in [0.05, 0.1) is 6.04 Å². The number of nitrogens with one attached hydrogen (secondary N) is 1. The third kappa shape index (κ3) is 12.1. The molecule has 1 aromatic rings. The van der Waals surface area contributed by atoms with Gasteiger partial charge in [0.1, 0.15) is 0 Å². The lowest BCUT2D eigenvalue weighted by Crippen LogP contribution is -2.05. The van der Waals surface area contributed by atoms with Crippen LogP contribution in [0.1, 0.15) is 97.3 Å². The summed E-state index contributed by atoms with van der Waals surface area (Å²) in [5.41, 5.74) is 1.21. The molecule has 0 aliphatic heterocycles. The molecule has 1 rings (SSSR count). The molecule has 0 bridgehead atoms. The summed E-state index contributed by atoms with van der Waals surface area (Å²) >= 11 is 0. The topological polar surface area (TPSA) is 12.0 Å². The first-order valence-corrected chi connectivity index (χ1v) is 9.97. The molecule has 0 amide bonds. The van der Waals surface area contributed by atoms with Crippen molar-refractivity contribution >= 4 is 5.69 Å². The van der Waals surface area contributed by atoms with Crippen LogP contribution in [0.3, 0.4) is 0 Å². The highest BCUT2D eigenvalue weighted by atomic mass is 14.9. The molecule has 0 fully saturated rings. The number of para-hydroxylation sites is 1. The lowest BCUT2D eigenvalue weighted by atomic mass is 10.0. The number of hydrogen-bond acceptors (Lipinski definition) is 1. The van der Waals surface area contributed by atoms with Crippen LogP contribution in [-0.2, 0) is 0 Å². The largest absolute Gasteiger partial charge is 0.378 e. The molecule has 0 saturated heterocycles. The van der Waals surface area contributed by atoms with Crippen LogP contribution in [-0.4, -0.2) is 0 Å². The van der Waals surface area contributed by atoms with Gasteiger partial charge in [0.15, 0.2) is 0 Å². The summed E-state index contributed by atoms with van der Waals surface area (Å²) in [7, 11) is 0. The Hall–Kier alpha value is -0.980. The third-order valence-corrected chi connectivity index (χ3v) is 4.54. The molecule has 0 spiro atoms. The van der Waals surface area contributed by atoms with E-state index in [-0.39, 0.29) is 0 Å². The van der Waals surface area contributed by atoms with E-state index in [0.717, 1.165) is 0 Å². The summed E-state index contributed by atoms with van der Waals surface area (Å²) < 4.78 is 0.